The van der Waals surface area contributed by atoms with E-state index < -0.39 is 0 Å². The third-order valence-corrected chi connectivity index (χ3v) is 3.84. The topological polar surface area (TPSA) is 53.2 Å². The predicted octanol–water partition coefficient (Wildman–Crippen LogP) is 4.98. The van der Waals surface area contributed by atoms with Gasteiger partial charge in [-0.2, -0.15) is 5.26 Å². The Morgan fingerprint density at radius 3 is 1.95 bits per heavy atom. The van der Waals surface area contributed by atoms with Gasteiger partial charge >= 0.3 is 0 Å². The van der Waals surface area contributed by atoms with E-state index in [-0.39, 0.29) is 12.7 Å². The molecule has 1 N–H and O–H groups in total. The minimum atomic E-state index is -0.282. The van der Waals surface area contributed by atoms with Crippen molar-refractivity contribution in [2.75, 3.05) is 13.2 Å². The fourth-order valence-corrected chi connectivity index (χ4v) is 2.44. The van der Waals surface area contributed by atoms with E-state index in [0.29, 0.717) is 6.61 Å². The van der Waals surface area contributed by atoms with Gasteiger partial charge in [-0.05, 0) is 25.7 Å². The Morgan fingerprint density at radius 1 is 0.857 bits per heavy atom. The third-order valence-electron chi connectivity index (χ3n) is 3.84. The monoisotopic (exact) mass is 297 g/mol. The number of nitrogens with zero attached hydrogens (tertiary/aromatic N) is 1. The summed E-state index contributed by atoms with van der Waals surface area (Å²) < 4.78 is 5.57. The fourth-order valence-electron chi connectivity index (χ4n) is 2.44. The summed E-state index contributed by atoms with van der Waals surface area (Å²) in [4.78, 5) is 0. The van der Waals surface area contributed by atoms with Gasteiger partial charge in [0.05, 0.1) is 6.07 Å². The fraction of sp³-hybridized carbons (Fsp3) is 0.944. The smallest absolute Gasteiger partial charge is 0.143 e. The maximum absolute atomic E-state index is 8.95. The molecule has 3 heteroatoms. The van der Waals surface area contributed by atoms with Crippen molar-refractivity contribution in [1.82, 2.24) is 0 Å². The number of unbranched alkanes of at least 4 members (excludes halogenated alkanes) is 10. The van der Waals surface area contributed by atoms with Crippen molar-refractivity contribution in [3.8, 4) is 6.07 Å². The van der Waals surface area contributed by atoms with E-state index in [1.807, 2.05) is 0 Å². The van der Waals surface area contributed by atoms with Gasteiger partial charge in [-0.15, -0.1) is 0 Å². The zero-order valence-electron chi connectivity index (χ0n) is 14.0. The molecule has 21 heavy (non-hydrogen) atoms. The summed E-state index contributed by atoms with van der Waals surface area (Å²) in [5, 5.41) is 17.7. The number of hydrogen-bond donors (Lipinski definition) is 1. The molecule has 1 unspecified atom stereocenters. The highest BCUT2D eigenvalue weighted by Gasteiger charge is 2.06. The minimum Gasteiger partial charge on any atom is -0.396 e. The molecule has 0 radical (unpaired) electrons. The van der Waals surface area contributed by atoms with E-state index in [0.717, 1.165) is 25.7 Å². The molecule has 0 aromatic heterocycles. The van der Waals surface area contributed by atoms with Crippen LogP contribution < -0.4 is 0 Å². The molecule has 0 heterocycles. The number of hydrogen-bond acceptors (Lipinski definition) is 3. The van der Waals surface area contributed by atoms with Crippen LogP contribution in [0.25, 0.3) is 0 Å². The van der Waals surface area contributed by atoms with Crippen LogP contribution in [0.5, 0.6) is 0 Å². The van der Waals surface area contributed by atoms with E-state index in [2.05, 4.69) is 13.0 Å². The maximum Gasteiger partial charge on any atom is 0.143 e. The van der Waals surface area contributed by atoms with Gasteiger partial charge in [0.1, 0.15) is 6.10 Å². The van der Waals surface area contributed by atoms with Crippen molar-refractivity contribution in [2.45, 2.75) is 96.5 Å². The molecule has 0 fully saturated rings. The lowest BCUT2D eigenvalue weighted by Gasteiger charge is -2.10. The molecule has 0 saturated heterocycles. The molecule has 3 nitrogen and oxygen atoms in total. The van der Waals surface area contributed by atoms with Crippen molar-refractivity contribution in [1.29, 1.82) is 5.26 Å². The molecule has 0 aromatic carbocycles. The highest BCUT2D eigenvalue weighted by molar-refractivity contribution is 4.83. The van der Waals surface area contributed by atoms with Gasteiger partial charge in [0.15, 0.2) is 0 Å². The van der Waals surface area contributed by atoms with Crippen LogP contribution in [-0.2, 0) is 4.74 Å². The van der Waals surface area contributed by atoms with Crippen molar-refractivity contribution in [2.24, 2.45) is 0 Å². The first kappa shape index (κ1) is 20.4. The quantitative estimate of drug-likeness (QED) is 0.409. The summed E-state index contributed by atoms with van der Waals surface area (Å²) in [6.45, 7) is 3.16. The average Bonchev–Trinajstić information content (AvgIpc) is 2.51. The van der Waals surface area contributed by atoms with Crippen molar-refractivity contribution in [3.63, 3.8) is 0 Å². The van der Waals surface area contributed by atoms with Crippen molar-refractivity contribution >= 4 is 0 Å². The zero-order chi connectivity index (χ0) is 15.6. The summed E-state index contributed by atoms with van der Waals surface area (Å²) in [6.07, 6.45) is 15.3. The molecular weight excluding hydrogens is 262 g/mol. The van der Waals surface area contributed by atoms with Crippen LogP contribution >= 0.6 is 0 Å². The van der Waals surface area contributed by atoms with E-state index in [9.17, 15) is 0 Å². The predicted molar refractivity (Wildman–Crippen MR) is 88.1 cm³/mol. The average molecular weight is 297 g/mol. The van der Waals surface area contributed by atoms with Gasteiger partial charge < -0.3 is 9.84 Å². The Labute approximate surface area is 131 Å². The first-order valence-electron chi connectivity index (χ1n) is 8.97. The highest BCUT2D eigenvalue weighted by atomic mass is 16.5. The summed E-state index contributed by atoms with van der Waals surface area (Å²) >= 11 is 0. The lowest BCUT2D eigenvalue weighted by atomic mass is 10.1. The van der Waals surface area contributed by atoms with Gasteiger partial charge in [0, 0.05) is 13.2 Å². The molecule has 0 rings (SSSR count). The van der Waals surface area contributed by atoms with E-state index >= 15 is 0 Å². The third kappa shape index (κ3) is 15.6. The standard InChI is InChI=1S/C18H35NO2/c1-2-3-4-5-6-7-8-9-10-13-16-21-18(17-19)14-11-12-15-20/h18,20H,2-16H2,1H3. The van der Waals surface area contributed by atoms with Gasteiger partial charge in [-0.1, -0.05) is 64.7 Å². The lowest BCUT2D eigenvalue weighted by molar-refractivity contribution is 0.0783. The molecule has 0 amide bonds. The summed E-state index contributed by atoms with van der Waals surface area (Å²) in [7, 11) is 0. The van der Waals surface area contributed by atoms with Crippen molar-refractivity contribution < 1.29 is 9.84 Å². The van der Waals surface area contributed by atoms with Gasteiger partial charge in [-0.3, -0.25) is 0 Å². The molecule has 0 aromatic rings. The number of ether oxygens (including phenoxy) is 1. The zero-order valence-corrected chi connectivity index (χ0v) is 14.0. The largest absolute Gasteiger partial charge is 0.396 e. The molecule has 0 aliphatic rings. The lowest BCUT2D eigenvalue weighted by Crippen LogP contribution is -2.11. The minimum absolute atomic E-state index is 0.205. The van der Waals surface area contributed by atoms with E-state index in [4.69, 9.17) is 15.1 Å². The van der Waals surface area contributed by atoms with Crippen LogP contribution in [0.1, 0.15) is 90.4 Å². The molecule has 0 aliphatic carbocycles. The van der Waals surface area contributed by atoms with Gasteiger partial charge in [0.2, 0.25) is 0 Å². The number of aliphatic hydroxyl groups is 1. The first-order valence-corrected chi connectivity index (χ1v) is 8.97. The van der Waals surface area contributed by atoms with Crippen LogP contribution in [0.4, 0.5) is 0 Å². The highest BCUT2D eigenvalue weighted by Crippen LogP contribution is 2.11. The van der Waals surface area contributed by atoms with Crippen LogP contribution in [0.2, 0.25) is 0 Å². The maximum atomic E-state index is 8.95. The Bertz CT molecular complexity index is 238. The Hall–Kier alpha value is -0.590. The molecule has 0 saturated carbocycles. The summed E-state index contributed by atoms with van der Waals surface area (Å²) in [5.41, 5.74) is 0. The number of nitriles is 1. The molecule has 124 valence electrons. The Balaban J connectivity index is 3.21. The van der Waals surface area contributed by atoms with E-state index in [1.165, 1.54) is 57.8 Å². The van der Waals surface area contributed by atoms with Crippen LogP contribution in [0, 0.1) is 11.3 Å². The Kier molecular flexibility index (Phi) is 17.0. The summed E-state index contributed by atoms with van der Waals surface area (Å²) in [6, 6.07) is 2.19. The molecule has 0 aliphatic heterocycles. The number of aliphatic hydroxyl groups excluding tert-OH is 1. The van der Waals surface area contributed by atoms with Crippen LogP contribution in [0.15, 0.2) is 0 Å². The second kappa shape index (κ2) is 17.5. The number of rotatable bonds is 16. The second-order valence-corrected chi connectivity index (χ2v) is 5.89. The normalized spacial score (nSPS) is 12.2. The molecular formula is C18H35NO2. The summed E-state index contributed by atoms with van der Waals surface area (Å²) in [5.74, 6) is 0. The molecule has 1 atom stereocenters. The van der Waals surface area contributed by atoms with Crippen LogP contribution in [-0.4, -0.2) is 24.4 Å². The van der Waals surface area contributed by atoms with Crippen molar-refractivity contribution in [3.05, 3.63) is 0 Å². The van der Waals surface area contributed by atoms with Gasteiger partial charge in [-0.25, -0.2) is 0 Å². The molecule has 0 bridgehead atoms. The molecule has 0 spiro atoms. The first-order chi connectivity index (χ1) is 10.3. The van der Waals surface area contributed by atoms with Crippen LogP contribution in [0.3, 0.4) is 0 Å². The van der Waals surface area contributed by atoms with E-state index in [1.54, 1.807) is 0 Å². The SMILES string of the molecule is CCCCCCCCCCCCOC(C#N)CCCCO. The second-order valence-electron chi connectivity index (χ2n) is 5.89. The van der Waals surface area contributed by atoms with Gasteiger partial charge in [0.25, 0.3) is 0 Å². The Morgan fingerprint density at radius 2 is 1.43 bits per heavy atom.